The molecular weight excluding hydrogens is 1310 g/mol. The lowest BCUT2D eigenvalue weighted by atomic mass is 9.99. The van der Waals surface area contributed by atoms with Crippen LogP contribution in [0.25, 0.3) is 0 Å². The highest BCUT2D eigenvalue weighted by molar-refractivity contribution is 7.47. The van der Waals surface area contributed by atoms with Crippen LogP contribution < -0.4 is 0 Å². The third kappa shape index (κ3) is 71.7. The molecule has 0 bridgehead atoms. The van der Waals surface area contributed by atoms with Crippen molar-refractivity contribution in [2.24, 2.45) is 23.7 Å². The summed E-state index contributed by atoms with van der Waals surface area (Å²) in [6, 6.07) is 0. The fourth-order valence-corrected chi connectivity index (χ4v) is 13.9. The van der Waals surface area contributed by atoms with Gasteiger partial charge in [-0.25, -0.2) is 9.13 Å². The molecule has 7 atom stereocenters. The van der Waals surface area contributed by atoms with Crippen LogP contribution in [-0.4, -0.2) is 96.7 Å². The highest BCUT2D eigenvalue weighted by Crippen LogP contribution is 2.45. The van der Waals surface area contributed by atoms with Crippen LogP contribution in [0.15, 0.2) is 0 Å². The summed E-state index contributed by atoms with van der Waals surface area (Å²) < 4.78 is 68.6. The summed E-state index contributed by atoms with van der Waals surface area (Å²) >= 11 is 0. The fraction of sp³-hybridized carbons (Fsp3) is 0.951. The minimum atomic E-state index is -4.96. The number of hydrogen-bond acceptors (Lipinski definition) is 15. The van der Waals surface area contributed by atoms with Gasteiger partial charge in [-0.2, -0.15) is 0 Å². The van der Waals surface area contributed by atoms with Gasteiger partial charge in [0.25, 0.3) is 0 Å². The van der Waals surface area contributed by atoms with Gasteiger partial charge < -0.3 is 33.8 Å². The number of carbonyl (C=O) groups is 4. The van der Waals surface area contributed by atoms with E-state index in [2.05, 4.69) is 55.4 Å². The summed E-state index contributed by atoms with van der Waals surface area (Å²) in [6.45, 7) is 14.2. The number of phosphoric ester groups is 2. The zero-order valence-corrected chi connectivity index (χ0v) is 67.6. The maximum atomic E-state index is 13.1. The lowest BCUT2D eigenvalue weighted by molar-refractivity contribution is -0.161. The molecular formula is C81H158O17P2. The van der Waals surface area contributed by atoms with Crippen molar-refractivity contribution < 1.29 is 80.2 Å². The summed E-state index contributed by atoms with van der Waals surface area (Å²) in [6.07, 6.45) is 57.2. The van der Waals surface area contributed by atoms with Crippen LogP contribution in [0.2, 0.25) is 0 Å². The van der Waals surface area contributed by atoms with E-state index in [1.165, 1.54) is 212 Å². The molecule has 0 aromatic heterocycles. The highest BCUT2D eigenvalue weighted by atomic mass is 31.2. The molecule has 0 aliphatic rings. The second kappa shape index (κ2) is 70.1. The predicted molar refractivity (Wildman–Crippen MR) is 409 cm³/mol. The second-order valence-electron chi connectivity index (χ2n) is 30.6. The number of carbonyl (C=O) groups excluding carboxylic acids is 4. The molecule has 0 aliphatic heterocycles. The van der Waals surface area contributed by atoms with Gasteiger partial charge in [-0.3, -0.25) is 37.3 Å². The molecule has 0 aromatic carbocycles. The Morgan fingerprint density at radius 2 is 0.480 bits per heavy atom. The monoisotopic (exact) mass is 1470 g/mol. The predicted octanol–water partition coefficient (Wildman–Crippen LogP) is 24.0. The maximum Gasteiger partial charge on any atom is 0.472 e. The number of hydrogen-bond donors (Lipinski definition) is 3. The van der Waals surface area contributed by atoms with Crippen LogP contribution in [0, 0.1) is 23.7 Å². The molecule has 19 heteroatoms. The zero-order chi connectivity index (χ0) is 73.8. The smallest absolute Gasteiger partial charge is 0.462 e. The minimum absolute atomic E-state index is 0.103. The van der Waals surface area contributed by atoms with Gasteiger partial charge in [-0.05, 0) is 49.4 Å². The van der Waals surface area contributed by atoms with Gasteiger partial charge in [-0.15, -0.1) is 0 Å². The Morgan fingerprint density at radius 3 is 0.710 bits per heavy atom. The quantitative estimate of drug-likeness (QED) is 0.0222. The van der Waals surface area contributed by atoms with Gasteiger partial charge in [0.1, 0.15) is 19.3 Å². The van der Waals surface area contributed by atoms with Crippen molar-refractivity contribution >= 4 is 39.5 Å². The van der Waals surface area contributed by atoms with Crippen molar-refractivity contribution in [1.29, 1.82) is 0 Å². The molecule has 0 saturated heterocycles. The van der Waals surface area contributed by atoms with Crippen molar-refractivity contribution in [3.8, 4) is 0 Å². The van der Waals surface area contributed by atoms with E-state index in [4.69, 9.17) is 37.0 Å². The third-order valence-electron chi connectivity index (χ3n) is 19.5. The SMILES string of the molecule is CCC(C)CCCCCCCCCCCCCCCCCCCCC(=O)O[C@H](COC(=O)CCCCCCCCCCCCCCCCC(C)CC)COP(=O)(O)OC[C@@H](O)COP(=O)(O)OC[C@@H](COC(=O)CCCCCCCCC(C)C)OC(=O)CCCCCCCCCCC(C)C. The first-order valence-electron chi connectivity index (χ1n) is 41.8. The third-order valence-corrected chi connectivity index (χ3v) is 21.4. The molecule has 0 aromatic rings. The number of ether oxygens (including phenoxy) is 4. The van der Waals surface area contributed by atoms with Crippen LogP contribution in [0.4, 0.5) is 0 Å². The first kappa shape index (κ1) is 98.1. The van der Waals surface area contributed by atoms with Crippen LogP contribution >= 0.6 is 15.6 Å². The summed E-state index contributed by atoms with van der Waals surface area (Å²) in [5.41, 5.74) is 0. The van der Waals surface area contributed by atoms with Gasteiger partial charge in [0.05, 0.1) is 26.4 Å². The maximum absolute atomic E-state index is 13.1. The van der Waals surface area contributed by atoms with Gasteiger partial charge in [0.2, 0.25) is 0 Å². The average molecular weight is 1470 g/mol. The Hall–Kier alpha value is -1.94. The lowest BCUT2D eigenvalue weighted by Crippen LogP contribution is -2.30. The Morgan fingerprint density at radius 1 is 0.280 bits per heavy atom. The van der Waals surface area contributed by atoms with Crippen molar-refractivity contribution in [3.63, 3.8) is 0 Å². The molecule has 0 heterocycles. The van der Waals surface area contributed by atoms with E-state index in [0.717, 1.165) is 114 Å². The molecule has 0 saturated carbocycles. The summed E-state index contributed by atoms with van der Waals surface area (Å²) in [5, 5.41) is 10.6. The summed E-state index contributed by atoms with van der Waals surface area (Å²) in [5.74, 6) is 1.000. The molecule has 17 nitrogen and oxygen atoms in total. The molecule has 594 valence electrons. The van der Waals surface area contributed by atoms with Crippen molar-refractivity contribution in [3.05, 3.63) is 0 Å². The van der Waals surface area contributed by atoms with Crippen molar-refractivity contribution in [2.45, 2.75) is 433 Å². The Balaban J connectivity index is 5.20. The van der Waals surface area contributed by atoms with Crippen molar-refractivity contribution in [1.82, 2.24) is 0 Å². The van der Waals surface area contributed by atoms with Gasteiger partial charge in [0.15, 0.2) is 12.2 Å². The van der Waals surface area contributed by atoms with Crippen LogP contribution in [0.5, 0.6) is 0 Å². The summed E-state index contributed by atoms with van der Waals surface area (Å²) in [7, 11) is -9.92. The molecule has 0 aliphatic carbocycles. The second-order valence-corrected chi connectivity index (χ2v) is 33.5. The molecule has 100 heavy (non-hydrogen) atoms. The summed E-state index contributed by atoms with van der Waals surface area (Å²) in [4.78, 5) is 72.9. The minimum Gasteiger partial charge on any atom is -0.462 e. The normalized spacial score (nSPS) is 14.6. The number of aliphatic hydroxyl groups is 1. The van der Waals surface area contributed by atoms with Crippen LogP contribution in [-0.2, 0) is 65.4 Å². The van der Waals surface area contributed by atoms with Crippen LogP contribution in [0.3, 0.4) is 0 Å². The lowest BCUT2D eigenvalue weighted by Gasteiger charge is -2.21. The number of rotatable bonds is 78. The first-order valence-corrected chi connectivity index (χ1v) is 44.8. The topological polar surface area (TPSA) is 237 Å². The average Bonchev–Trinajstić information content (AvgIpc) is 0.917. The molecule has 0 amide bonds. The molecule has 0 spiro atoms. The van der Waals surface area contributed by atoms with Gasteiger partial charge in [-0.1, -0.05) is 364 Å². The van der Waals surface area contributed by atoms with E-state index in [1.807, 2.05) is 0 Å². The Bertz CT molecular complexity index is 1960. The van der Waals surface area contributed by atoms with E-state index < -0.39 is 97.5 Å². The Kier molecular flexibility index (Phi) is 68.7. The number of aliphatic hydroxyl groups excluding tert-OH is 1. The molecule has 0 rings (SSSR count). The fourth-order valence-electron chi connectivity index (χ4n) is 12.4. The van der Waals surface area contributed by atoms with E-state index in [0.29, 0.717) is 31.6 Å². The first-order chi connectivity index (χ1) is 48.2. The molecule has 4 unspecified atom stereocenters. The molecule has 0 fully saturated rings. The Labute approximate surface area is 613 Å². The zero-order valence-electron chi connectivity index (χ0n) is 65.8. The number of phosphoric acid groups is 2. The van der Waals surface area contributed by atoms with Crippen LogP contribution in [0.1, 0.15) is 415 Å². The van der Waals surface area contributed by atoms with Gasteiger partial charge in [0, 0.05) is 25.7 Å². The van der Waals surface area contributed by atoms with Crippen molar-refractivity contribution in [2.75, 3.05) is 39.6 Å². The molecule has 0 radical (unpaired) electrons. The largest absolute Gasteiger partial charge is 0.472 e. The standard InChI is InChI=1S/C81H158O17P2/c1-9-73(7)59-51-43-34-27-23-19-15-13-11-12-14-16-22-26-30-37-47-55-63-80(85)97-76(67-91-78(83)61-53-45-36-29-25-21-18-17-20-24-28-35-44-52-60-74(8)10-2)69-95-99(87,88)93-65-75(82)66-94-100(89,90)96-70-77(68-92-79(84)62-54-46-40-39-42-50-58-72(5)6)98-81(86)64-56-48-38-32-31-33-41-49-57-71(3)4/h71-77,82H,9-70H2,1-8H3,(H,87,88)(H,89,90)/t73?,74?,75-,76-,77-/m1/s1. The molecule has 3 N–H and O–H groups in total. The number of unbranched alkanes of at least 4 members (excludes halogenated alkanes) is 42. The van der Waals surface area contributed by atoms with E-state index in [-0.39, 0.29) is 25.7 Å². The highest BCUT2D eigenvalue weighted by Gasteiger charge is 2.30. The van der Waals surface area contributed by atoms with Gasteiger partial charge >= 0.3 is 39.5 Å². The number of esters is 4. The van der Waals surface area contributed by atoms with E-state index in [9.17, 15) is 43.2 Å². The van der Waals surface area contributed by atoms with E-state index in [1.54, 1.807) is 0 Å². The van der Waals surface area contributed by atoms with E-state index >= 15 is 0 Å².